The van der Waals surface area contributed by atoms with Gasteiger partial charge in [0.2, 0.25) is 0 Å². The Morgan fingerprint density at radius 3 is 2.72 bits per heavy atom. The molecule has 1 aliphatic rings. The number of carbonyl (C=O) groups excluding carboxylic acids is 1. The van der Waals surface area contributed by atoms with Crippen LogP contribution in [-0.4, -0.2) is 23.0 Å². The zero-order valence-corrected chi connectivity index (χ0v) is 16.7. The van der Waals surface area contributed by atoms with Gasteiger partial charge in [-0.3, -0.25) is 4.79 Å². The molecule has 6 nitrogen and oxygen atoms in total. The van der Waals surface area contributed by atoms with Gasteiger partial charge in [-0.1, -0.05) is 31.4 Å². The number of halogens is 1. The maximum Gasteiger partial charge on any atom is 0.337 e. The molecule has 1 aromatic carbocycles. The van der Waals surface area contributed by atoms with Crippen molar-refractivity contribution < 1.29 is 19.1 Å². The van der Waals surface area contributed by atoms with Crippen molar-refractivity contribution in [3.63, 3.8) is 0 Å². The fourth-order valence-electron chi connectivity index (χ4n) is 3.50. The SMILES string of the molecule is C[C@H]1CCCC[C@@H]1NC(=O)/C(C#N)=C/c1ccc(-c2ccc(Cl)c(C(=O)O)c2)o1. The molecule has 0 unspecified atom stereocenters. The minimum Gasteiger partial charge on any atom is -0.478 e. The van der Waals surface area contributed by atoms with Gasteiger partial charge in [-0.15, -0.1) is 0 Å². The molecule has 1 saturated carbocycles. The molecule has 1 aliphatic carbocycles. The van der Waals surface area contributed by atoms with Crippen LogP contribution >= 0.6 is 11.6 Å². The highest BCUT2D eigenvalue weighted by atomic mass is 35.5. The van der Waals surface area contributed by atoms with Crippen LogP contribution in [0.5, 0.6) is 0 Å². The van der Waals surface area contributed by atoms with E-state index in [0.29, 0.717) is 23.0 Å². The van der Waals surface area contributed by atoms with Crippen LogP contribution < -0.4 is 5.32 Å². The number of hydrogen-bond acceptors (Lipinski definition) is 4. The summed E-state index contributed by atoms with van der Waals surface area (Å²) in [5.41, 5.74) is 0.466. The quantitative estimate of drug-likeness (QED) is 0.537. The molecule has 0 aliphatic heterocycles. The molecule has 29 heavy (non-hydrogen) atoms. The van der Waals surface area contributed by atoms with Crippen LogP contribution in [-0.2, 0) is 4.79 Å². The molecule has 0 bridgehead atoms. The lowest BCUT2D eigenvalue weighted by atomic mass is 9.86. The summed E-state index contributed by atoms with van der Waals surface area (Å²) in [6.45, 7) is 2.11. The van der Waals surface area contributed by atoms with E-state index >= 15 is 0 Å². The van der Waals surface area contributed by atoms with E-state index in [2.05, 4.69) is 12.2 Å². The van der Waals surface area contributed by atoms with Gasteiger partial charge in [0.15, 0.2) is 0 Å². The van der Waals surface area contributed by atoms with Crippen LogP contribution in [0.1, 0.15) is 48.7 Å². The van der Waals surface area contributed by atoms with Crippen LogP contribution in [0.3, 0.4) is 0 Å². The molecule has 150 valence electrons. The second-order valence-corrected chi connectivity index (χ2v) is 7.62. The lowest BCUT2D eigenvalue weighted by molar-refractivity contribution is -0.118. The maximum atomic E-state index is 12.5. The second-order valence-electron chi connectivity index (χ2n) is 7.21. The van der Waals surface area contributed by atoms with E-state index in [0.717, 1.165) is 25.7 Å². The summed E-state index contributed by atoms with van der Waals surface area (Å²) in [5, 5.41) is 21.7. The van der Waals surface area contributed by atoms with E-state index in [-0.39, 0.29) is 22.2 Å². The third kappa shape index (κ3) is 4.87. The van der Waals surface area contributed by atoms with E-state index in [1.54, 1.807) is 18.2 Å². The fourth-order valence-corrected chi connectivity index (χ4v) is 3.69. The van der Waals surface area contributed by atoms with Gasteiger partial charge < -0.3 is 14.8 Å². The molecule has 2 N–H and O–H groups in total. The molecular formula is C22H21ClN2O4. The number of rotatable bonds is 5. The first-order valence-corrected chi connectivity index (χ1v) is 9.82. The monoisotopic (exact) mass is 412 g/mol. The van der Waals surface area contributed by atoms with Crippen molar-refractivity contribution in [3.8, 4) is 17.4 Å². The summed E-state index contributed by atoms with van der Waals surface area (Å²) in [4.78, 5) is 23.8. The van der Waals surface area contributed by atoms with E-state index in [1.807, 2.05) is 6.07 Å². The number of nitrogens with one attached hydrogen (secondary N) is 1. The Labute approximate surface area is 173 Å². The molecular weight excluding hydrogens is 392 g/mol. The number of nitrogens with zero attached hydrogens (tertiary/aromatic N) is 1. The summed E-state index contributed by atoms with van der Waals surface area (Å²) in [6, 6.07) is 9.82. The number of benzene rings is 1. The highest BCUT2D eigenvalue weighted by Crippen LogP contribution is 2.28. The van der Waals surface area contributed by atoms with Gasteiger partial charge in [-0.25, -0.2) is 4.79 Å². The van der Waals surface area contributed by atoms with Crippen molar-refractivity contribution in [2.24, 2.45) is 5.92 Å². The Bertz CT molecular complexity index is 1000. The van der Waals surface area contributed by atoms with E-state index in [1.165, 1.54) is 18.2 Å². The number of nitriles is 1. The summed E-state index contributed by atoms with van der Waals surface area (Å²) in [5.74, 6) is -0.423. The Hall–Kier alpha value is -3.04. The van der Waals surface area contributed by atoms with E-state index in [4.69, 9.17) is 16.0 Å². The molecule has 1 fully saturated rings. The lowest BCUT2D eigenvalue weighted by Gasteiger charge is -2.29. The van der Waals surface area contributed by atoms with Crippen LogP contribution in [0.4, 0.5) is 0 Å². The van der Waals surface area contributed by atoms with Gasteiger partial charge in [0.25, 0.3) is 5.91 Å². The van der Waals surface area contributed by atoms with Gasteiger partial charge >= 0.3 is 5.97 Å². The highest BCUT2D eigenvalue weighted by molar-refractivity contribution is 6.33. The number of carboxylic acids is 1. The molecule has 3 rings (SSSR count). The van der Waals surface area contributed by atoms with Crippen LogP contribution in [0, 0.1) is 17.2 Å². The largest absolute Gasteiger partial charge is 0.478 e. The van der Waals surface area contributed by atoms with Gasteiger partial charge in [0, 0.05) is 17.7 Å². The lowest BCUT2D eigenvalue weighted by Crippen LogP contribution is -2.41. The van der Waals surface area contributed by atoms with E-state index < -0.39 is 11.9 Å². The van der Waals surface area contributed by atoms with Crippen LogP contribution in [0.15, 0.2) is 40.3 Å². The summed E-state index contributed by atoms with van der Waals surface area (Å²) in [6.07, 6.45) is 5.61. The number of carbonyl (C=O) groups is 2. The van der Waals surface area contributed by atoms with Crippen molar-refractivity contribution >= 4 is 29.6 Å². The third-order valence-electron chi connectivity index (χ3n) is 5.19. The van der Waals surface area contributed by atoms with Crippen molar-refractivity contribution in [1.29, 1.82) is 5.26 Å². The Morgan fingerprint density at radius 2 is 2.03 bits per heavy atom. The van der Waals surface area contributed by atoms with Gasteiger partial charge in [0.1, 0.15) is 23.2 Å². The smallest absolute Gasteiger partial charge is 0.337 e. The minimum absolute atomic E-state index is 0.0312. The normalized spacial score (nSPS) is 19.4. The Kier molecular flexibility index (Phi) is 6.40. The minimum atomic E-state index is -1.14. The van der Waals surface area contributed by atoms with Gasteiger partial charge in [0.05, 0.1) is 10.6 Å². The second kappa shape index (κ2) is 8.97. The first-order chi connectivity index (χ1) is 13.9. The van der Waals surface area contributed by atoms with Crippen molar-refractivity contribution in [2.45, 2.75) is 38.6 Å². The van der Waals surface area contributed by atoms with Crippen molar-refractivity contribution in [3.05, 3.63) is 52.3 Å². The summed E-state index contributed by atoms with van der Waals surface area (Å²) < 4.78 is 5.69. The molecule has 0 saturated heterocycles. The third-order valence-corrected chi connectivity index (χ3v) is 5.52. The molecule has 2 atom stereocenters. The predicted molar refractivity (Wildman–Crippen MR) is 109 cm³/mol. The summed E-state index contributed by atoms with van der Waals surface area (Å²) >= 11 is 5.90. The number of carboxylic acid groups (broad SMARTS) is 1. The first kappa shape index (κ1) is 20.7. The van der Waals surface area contributed by atoms with Crippen LogP contribution in [0.25, 0.3) is 17.4 Å². The number of amides is 1. The van der Waals surface area contributed by atoms with Gasteiger partial charge in [-0.2, -0.15) is 5.26 Å². The topological polar surface area (TPSA) is 103 Å². The van der Waals surface area contributed by atoms with Gasteiger partial charge in [-0.05, 0) is 49.1 Å². The fraction of sp³-hybridized carbons (Fsp3) is 0.318. The van der Waals surface area contributed by atoms with Crippen molar-refractivity contribution in [2.75, 3.05) is 0 Å². The predicted octanol–water partition coefficient (Wildman–Crippen LogP) is 4.90. The molecule has 1 amide bonds. The van der Waals surface area contributed by atoms with E-state index in [9.17, 15) is 20.0 Å². The average Bonchev–Trinajstić information content (AvgIpc) is 3.16. The number of furan rings is 1. The molecule has 0 spiro atoms. The number of hydrogen-bond donors (Lipinski definition) is 2. The molecule has 0 radical (unpaired) electrons. The molecule has 1 aromatic heterocycles. The highest BCUT2D eigenvalue weighted by Gasteiger charge is 2.24. The number of aromatic carboxylic acids is 1. The first-order valence-electron chi connectivity index (χ1n) is 9.44. The Balaban J connectivity index is 1.79. The zero-order chi connectivity index (χ0) is 21.0. The standard InChI is InChI=1S/C22H21ClN2O4/c1-13-4-2-3-5-19(13)25-21(26)15(12-24)10-16-7-9-20(29-16)14-6-8-18(23)17(11-14)22(27)28/h6-11,13,19H,2-5H2,1H3,(H,25,26)(H,27,28)/b15-10+/t13-,19-/m0/s1. The molecule has 2 aromatic rings. The zero-order valence-electron chi connectivity index (χ0n) is 15.9. The average molecular weight is 413 g/mol. The van der Waals surface area contributed by atoms with Crippen LogP contribution in [0.2, 0.25) is 5.02 Å². The Morgan fingerprint density at radius 1 is 1.28 bits per heavy atom. The molecule has 7 heteroatoms. The maximum absolute atomic E-state index is 12.5. The molecule has 1 heterocycles. The van der Waals surface area contributed by atoms with Crippen molar-refractivity contribution in [1.82, 2.24) is 5.32 Å². The summed E-state index contributed by atoms with van der Waals surface area (Å²) in [7, 11) is 0.